The molecule has 166 valence electrons. The number of hydrogen-bond donors (Lipinski definition) is 3. The second-order valence-electron chi connectivity index (χ2n) is 6.17. The fourth-order valence-corrected chi connectivity index (χ4v) is 4.05. The van der Waals surface area contributed by atoms with Gasteiger partial charge in [0.2, 0.25) is 0 Å². The van der Waals surface area contributed by atoms with Crippen molar-refractivity contribution in [2.75, 3.05) is 19.0 Å². The van der Waals surface area contributed by atoms with Gasteiger partial charge in [-0.15, -0.1) is 0 Å². The van der Waals surface area contributed by atoms with E-state index in [9.17, 15) is 14.4 Å². The third kappa shape index (κ3) is 5.69. The Morgan fingerprint density at radius 3 is 2.66 bits per heavy atom. The minimum absolute atomic E-state index is 0.0699. The molecule has 3 rings (SSSR count). The number of carboxylic acids is 1. The first kappa shape index (κ1) is 23.4. The van der Waals surface area contributed by atoms with E-state index in [-0.39, 0.29) is 25.7 Å². The number of nitrogens with one attached hydrogen (secondary N) is 2. The van der Waals surface area contributed by atoms with E-state index >= 15 is 0 Å². The van der Waals surface area contributed by atoms with E-state index in [1.54, 1.807) is 24.3 Å². The number of hydrogen-bond acceptors (Lipinski definition) is 7. The standard InChI is InChI=1S/C20H16ClN3O6S2/c1-29-14-8-11(7-13(21)17(14)30-10-16(25)26)9-15-18(27)24(20(31)32-15)23-19(28)22-12-5-3-2-4-6-12/h2-9H,10H2,1H3,(H,25,26)(H2,22,23,28)/b15-9+. The number of carboxylic acid groups (broad SMARTS) is 1. The molecule has 1 heterocycles. The highest BCUT2D eigenvalue weighted by Crippen LogP contribution is 2.38. The molecule has 1 aliphatic rings. The minimum Gasteiger partial charge on any atom is -0.493 e. The normalized spacial score (nSPS) is 14.4. The predicted molar refractivity (Wildman–Crippen MR) is 125 cm³/mol. The summed E-state index contributed by atoms with van der Waals surface area (Å²) < 4.78 is 10.5. The van der Waals surface area contributed by atoms with Crippen LogP contribution in [0.15, 0.2) is 47.4 Å². The lowest BCUT2D eigenvalue weighted by molar-refractivity contribution is -0.139. The first-order valence-electron chi connectivity index (χ1n) is 8.91. The lowest BCUT2D eigenvalue weighted by atomic mass is 10.2. The summed E-state index contributed by atoms with van der Waals surface area (Å²) in [4.78, 5) is 35.9. The molecule has 32 heavy (non-hydrogen) atoms. The Hall–Kier alpha value is -3.28. The summed E-state index contributed by atoms with van der Waals surface area (Å²) >= 11 is 12.4. The number of carbonyl (C=O) groups is 3. The number of benzene rings is 2. The molecule has 2 aromatic carbocycles. The molecule has 0 aliphatic carbocycles. The van der Waals surface area contributed by atoms with Crippen LogP contribution in [0.4, 0.5) is 10.5 Å². The van der Waals surface area contributed by atoms with Crippen LogP contribution < -0.4 is 20.2 Å². The minimum atomic E-state index is -1.17. The molecule has 0 saturated carbocycles. The molecule has 0 atom stereocenters. The molecular formula is C20H16ClN3O6S2. The average molecular weight is 494 g/mol. The van der Waals surface area contributed by atoms with Gasteiger partial charge in [0, 0.05) is 5.69 Å². The highest BCUT2D eigenvalue weighted by atomic mass is 35.5. The first-order chi connectivity index (χ1) is 15.3. The number of ether oxygens (including phenoxy) is 2. The molecule has 0 radical (unpaired) electrons. The number of para-hydroxylation sites is 1. The maximum absolute atomic E-state index is 12.7. The monoisotopic (exact) mass is 493 g/mol. The summed E-state index contributed by atoms with van der Waals surface area (Å²) in [6.07, 6.45) is 1.52. The lowest BCUT2D eigenvalue weighted by Crippen LogP contribution is -2.46. The highest BCUT2D eigenvalue weighted by Gasteiger charge is 2.33. The Morgan fingerprint density at radius 1 is 1.28 bits per heavy atom. The van der Waals surface area contributed by atoms with Gasteiger partial charge in [-0.3, -0.25) is 4.79 Å². The molecule has 3 amide bonds. The van der Waals surface area contributed by atoms with E-state index in [1.165, 1.54) is 25.3 Å². The number of halogens is 1. The molecular weight excluding hydrogens is 478 g/mol. The number of thioether (sulfide) groups is 1. The van der Waals surface area contributed by atoms with Crippen molar-refractivity contribution in [1.82, 2.24) is 10.4 Å². The van der Waals surface area contributed by atoms with Crippen LogP contribution in [0.5, 0.6) is 11.5 Å². The van der Waals surface area contributed by atoms with E-state index < -0.39 is 24.5 Å². The number of hydrazine groups is 1. The summed E-state index contributed by atoms with van der Waals surface area (Å²) in [5.74, 6) is -1.43. The molecule has 1 aliphatic heterocycles. The van der Waals surface area contributed by atoms with Crippen LogP contribution >= 0.6 is 35.6 Å². The average Bonchev–Trinajstić information content (AvgIpc) is 3.00. The van der Waals surface area contributed by atoms with Gasteiger partial charge in [0.15, 0.2) is 22.4 Å². The Balaban J connectivity index is 1.75. The van der Waals surface area contributed by atoms with E-state index in [0.717, 1.165) is 16.8 Å². The Kier molecular flexibility index (Phi) is 7.57. The molecule has 0 bridgehead atoms. The number of rotatable bonds is 7. The van der Waals surface area contributed by atoms with Gasteiger partial charge in [0.05, 0.1) is 17.0 Å². The third-order valence-corrected chi connectivity index (χ3v) is 5.51. The van der Waals surface area contributed by atoms with Gasteiger partial charge >= 0.3 is 12.0 Å². The fourth-order valence-electron chi connectivity index (χ4n) is 2.59. The topological polar surface area (TPSA) is 117 Å². The highest BCUT2D eigenvalue weighted by molar-refractivity contribution is 8.26. The maximum atomic E-state index is 12.7. The summed E-state index contributed by atoms with van der Waals surface area (Å²) in [5, 5.41) is 12.5. The SMILES string of the molecule is COc1cc(/C=C2/SC(=S)N(NC(=O)Nc3ccccc3)C2=O)cc(Cl)c1OCC(=O)O. The van der Waals surface area contributed by atoms with Crippen LogP contribution in [0.1, 0.15) is 5.56 Å². The quantitative estimate of drug-likeness (QED) is 0.394. The predicted octanol–water partition coefficient (Wildman–Crippen LogP) is 3.75. The van der Waals surface area contributed by atoms with Crippen LogP contribution in [-0.2, 0) is 9.59 Å². The van der Waals surface area contributed by atoms with Crippen LogP contribution in [0.25, 0.3) is 6.08 Å². The second kappa shape index (κ2) is 10.4. The van der Waals surface area contributed by atoms with Crippen molar-refractivity contribution in [1.29, 1.82) is 0 Å². The van der Waals surface area contributed by atoms with E-state index in [2.05, 4.69) is 10.7 Å². The van der Waals surface area contributed by atoms with Gasteiger partial charge in [-0.05, 0) is 48.1 Å². The van der Waals surface area contributed by atoms with Gasteiger partial charge in [-0.25, -0.2) is 15.0 Å². The maximum Gasteiger partial charge on any atom is 0.341 e. The number of carbonyl (C=O) groups excluding carboxylic acids is 2. The van der Waals surface area contributed by atoms with Crippen molar-refractivity contribution in [2.45, 2.75) is 0 Å². The van der Waals surface area contributed by atoms with E-state index in [1.807, 2.05) is 6.07 Å². The van der Waals surface area contributed by atoms with Crippen molar-refractivity contribution in [2.24, 2.45) is 0 Å². The molecule has 1 saturated heterocycles. The van der Waals surface area contributed by atoms with Gasteiger partial charge < -0.3 is 19.9 Å². The van der Waals surface area contributed by atoms with Gasteiger partial charge in [-0.1, -0.05) is 41.6 Å². The zero-order chi connectivity index (χ0) is 23.3. The number of methoxy groups -OCH3 is 1. The van der Waals surface area contributed by atoms with E-state index in [0.29, 0.717) is 11.3 Å². The van der Waals surface area contributed by atoms with Gasteiger partial charge in [0.1, 0.15) is 0 Å². The molecule has 9 nitrogen and oxygen atoms in total. The lowest BCUT2D eigenvalue weighted by Gasteiger charge is -2.16. The van der Waals surface area contributed by atoms with E-state index in [4.69, 9.17) is 38.4 Å². The second-order valence-corrected chi connectivity index (χ2v) is 8.25. The van der Waals surface area contributed by atoms with Gasteiger partial charge in [0.25, 0.3) is 5.91 Å². The number of urea groups is 1. The van der Waals surface area contributed by atoms with Crippen molar-refractivity contribution in [3.8, 4) is 11.5 Å². The van der Waals surface area contributed by atoms with Gasteiger partial charge in [-0.2, -0.15) is 5.01 Å². The summed E-state index contributed by atoms with van der Waals surface area (Å²) in [6.45, 7) is -0.592. The molecule has 2 aromatic rings. The van der Waals surface area contributed by atoms with Crippen LogP contribution in [0.2, 0.25) is 5.02 Å². The van der Waals surface area contributed by atoms with Crippen molar-refractivity contribution < 1.29 is 29.0 Å². The summed E-state index contributed by atoms with van der Waals surface area (Å²) in [5.41, 5.74) is 3.46. The number of aliphatic carboxylic acids is 1. The third-order valence-electron chi connectivity index (χ3n) is 3.93. The number of thiocarbonyl (C=S) groups is 1. The molecule has 0 aromatic heterocycles. The van der Waals surface area contributed by atoms with Crippen molar-refractivity contribution in [3.05, 3.63) is 58.0 Å². The molecule has 0 unspecified atom stereocenters. The smallest absolute Gasteiger partial charge is 0.341 e. The number of amides is 3. The Labute approximate surface area is 197 Å². The zero-order valence-electron chi connectivity index (χ0n) is 16.5. The Morgan fingerprint density at radius 2 is 2.00 bits per heavy atom. The summed E-state index contributed by atoms with van der Waals surface area (Å²) in [6, 6.07) is 11.1. The summed E-state index contributed by atoms with van der Waals surface area (Å²) in [7, 11) is 1.37. The molecule has 0 spiro atoms. The van der Waals surface area contributed by atoms with Crippen LogP contribution in [0.3, 0.4) is 0 Å². The fraction of sp³-hybridized carbons (Fsp3) is 0.100. The zero-order valence-corrected chi connectivity index (χ0v) is 18.8. The largest absolute Gasteiger partial charge is 0.493 e. The first-order valence-corrected chi connectivity index (χ1v) is 10.5. The molecule has 1 fully saturated rings. The van der Waals surface area contributed by atoms with Crippen molar-refractivity contribution in [3.63, 3.8) is 0 Å². The number of nitrogens with zero attached hydrogens (tertiary/aromatic N) is 1. The molecule has 3 N–H and O–H groups in total. The molecule has 12 heteroatoms. The van der Waals surface area contributed by atoms with Crippen LogP contribution in [0, 0.1) is 0 Å². The number of anilines is 1. The Bertz CT molecular complexity index is 1110. The van der Waals surface area contributed by atoms with Crippen molar-refractivity contribution >= 4 is 69.6 Å². The van der Waals surface area contributed by atoms with Crippen LogP contribution in [-0.4, -0.2) is 46.1 Å².